The number of ether oxygens (including phenoxy) is 1. The third-order valence-electron chi connectivity index (χ3n) is 5.53. The molecule has 0 fully saturated rings. The molecular formula is C25H26ClFN4O5. The van der Waals surface area contributed by atoms with Crippen molar-refractivity contribution in [1.29, 1.82) is 0 Å². The molecule has 0 unspecified atom stereocenters. The molecule has 0 aliphatic rings. The summed E-state index contributed by atoms with van der Waals surface area (Å²) in [5, 5.41) is 15.9. The van der Waals surface area contributed by atoms with Crippen molar-refractivity contribution in [2.24, 2.45) is 0 Å². The van der Waals surface area contributed by atoms with E-state index in [2.05, 4.69) is 15.6 Å². The number of carboxylic acid groups (broad SMARTS) is 1. The van der Waals surface area contributed by atoms with Crippen molar-refractivity contribution in [2.75, 3.05) is 19.0 Å². The number of nitrogens with one attached hydrogen (secondary N) is 2. The molecule has 1 atom stereocenters. The highest BCUT2D eigenvalue weighted by Crippen LogP contribution is 2.20. The molecule has 0 bridgehead atoms. The topological polar surface area (TPSA) is 121 Å². The van der Waals surface area contributed by atoms with Crippen LogP contribution in [-0.4, -0.2) is 52.8 Å². The number of carboxylic acids is 1. The highest BCUT2D eigenvalue weighted by atomic mass is 35.5. The number of benzene rings is 2. The van der Waals surface area contributed by atoms with E-state index in [0.717, 1.165) is 10.8 Å². The van der Waals surface area contributed by atoms with Gasteiger partial charge >= 0.3 is 18.1 Å². The number of halogens is 2. The molecule has 3 amide bonds. The zero-order valence-electron chi connectivity index (χ0n) is 19.5. The van der Waals surface area contributed by atoms with E-state index >= 15 is 0 Å². The average Bonchev–Trinajstić information content (AvgIpc) is 2.86. The van der Waals surface area contributed by atoms with Gasteiger partial charge in [-0.3, -0.25) is 10.1 Å². The van der Waals surface area contributed by atoms with Gasteiger partial charge in [0, 0.05) is 31.6 Å². The predicted octanol–water partition coefficient (Wildman–Crippen LogP) is 5.04. The summed E-state index contributed by atoms with van der Waals surface area (Å²) in [6, 6.07) is 12.4. The van der Waals surface area contributed by atoms with Crippen molar-refractivity contribution in [3.8, 4) is 0 Å². The molecule has 11 heteroatoms. The van der Waals surface area contributed by atoms with Crippen LogP contribution in [0.15, 0.2) is 54.7 Å². The molecule has 1 aromatic heterocycles. The van der Waals surface area contributed by atoms with Gasteiger partial charge < -0.3 is 20.1 Å². The second kappa shape index (κ2) is 12.7. The third-order valence-corrected chi connectivity index (χ3v) is 5.95. The smallest absolute Gasteiger partial charge is 0.412 e. The van der Waals surface area contributed by atoms with Gasteiger partial charge in [0.05, 0.1) is 11.1 Å². The first-order valence-corrected chi connectivity index (χ1v) is 11.6. The van der Waals surface area contributed by atoms with E-state index in [1.54, 1.807) is 18.3 Å². The van der Waals surface area contributed by atoms with Crippen LogP contribution in [0.25, 0.3) is 10.8 Å². The Morgan fingerprint density at radius 3 is 2.67 bits per heavy atom. The molecule has 36 heavy (non-hydrogen) atoms. The summed E-state index contributed by atoms with van der Waals surface area (Å²) in [4.78, 5) is 41.5. The fraction of sp³-hybridized carbons (Fsp3) is 0.280. The molecule has 190 valence electrons. The molecule has 0 radical (unpaired) electrons. The number of fused-ring (bicyclic) bond motifs is 1. The maximum Gasteiger partial charge on any atom is 0.412 e. The van der Waals surface area contributed by atoms with Crippen molar-refractivity contribution in [3.05, 3.63) is 71.1 Å². The van der Waals surface area contributed by atoms with E-state index < -0.39 is 30.0 Å². The van der Waals surface area contributed by atoms with E-state index in [-0.39, 0.29) is 37.4 Å². The number of hydrogen-bond donors (Lipinski definition) is 3. The summed E-state index contributed by atoms with van der Waals surface area (Å²) >= 11 is 5.94. The number of amides is 3. The van der Waals surface area contributed by atoms with E-state index in [9.17, 15) is 18.8 Å². The maximum absolute atomic E-state index is 13.6. The largest absolute Gasteiger partial charge is 0.481 e. The molecule has 0 saturated carbocycles. The van der Waals surface area contributed by atoms with Crippen molar-refractivity contribution >= 4 is 46.3 Å². The minimum atomic E-state index is -0.970. The van der Waals surface area contributed by atoms with Crippen LogP contribution in [0.2, 0.25) is 5.02 Å². The van der Waals surface area contributed by atoms with Crippen LogP contribution in [0, 0.1) is 5.82 Å². The molecule has 0 spiro atoms. The molecule has 3 rings (SSSR count). The average molecular weight is 517 g/mol. The van der Waals surface area contributed by atoms with Gasteiger partial charge in [-0.15, -0.1) is 0 Å². The normalized spacial score (nSPS) is 11.5. The van der Waals surface area contributed by atoms with E-state index in [1.165, 1.54) is 24.1 Å². The highest BCUT2D eigenvalue weighted by Gasteiger charge is 2.22. The summed E-state index contributed by atoms with van der Waals surface area (Å²) in [6.45, 7) is -0.194. The Balaban J connectivity index is 1.59. The van der Waals surface area contributed by atoms with Gasteiger partial charge in [0.15, 0.2) is 0 Å². The van der Waals surface area contributed by atoms with E-state index in [0.29, 0.717) is 11.4 Å². The Morgan fingerprint density at radius 2 is 1.92 bits per heavy atom. The number of anilines is 1. The number of aromatic nitrogens is 1. The lowest BCUT2D eigenvalue weighted by atomic mass is 10.1. The number of pyridine rings is 1. The fourth-order valence-corrected chi connectivity index (χ4v) is 3.68. The minimum Gasteiger partial charge on any atom is -0.481 e. The van der Waals surface area contributed by atoms with Crippen LogP contribution in [0.1, 0.15) is 24.8 Å². The molecule has 2 aromatic carbocycles. The predicted molar refractivity (Wildman–Crippen MR) is 133 cm³/mol. The first-order chi connectivity index (χ1) is 17.2. The van der Waals surface area contributed by atoms with Crippen LogP contribution in [0.5, 0.6) is 0 Å². The van der Waals surface area contributed by atoms with Crippen molar-refractivity contribution in [1.82, 2.24) is 15.2 Å². The van der Waals surface area contributed by atoms with Gasteiger partial charge in [-0.2, -0.15) is 0 Å². The third kappa shape index (κ3) is 7.54. The summed E-state index contributed by atoms with van der Waals surface area (Å²) in [5.41, 5.74) is 0.402. The number of aliphatic carboxylic acids is 1. The van der Waals surface area contributed by atoms with E-state index in [4.69, 9.17) is 21.4 Å². The van der Waals surface area contributed by atoms with Gasteiger partial charge in [-0.05, 0) is 35.9 Å². The highest BCUT2D eigenvalue weighted by molar-refractivity contribution is 6.31. The second-order valence-electron chi connectivity index (χ2n) is 8.06. The van der Waals surface area contributed by atoms with Crippen LogP contribution in [-0.2, 0) is 16.1 Å². The summed E-state index contributed by atoms with van der Waals surface area (Å²) in [6.07, 6.45) is 1.31. The lowest BCUT2D eigenvalue weighted by Gasteiger charge is -2.28. The summed E-state index contributed by atoms with van der Waals surface area (Å²) in [5.74, 6) is -1.26. The number of urea groups is 1. The Bertz CT molecular complexity index is 1240. The standard InChI is InChI=1S/C25H26ClFN4O5/c1-31(24(34)29-14-18-8-4-10-20(27)23(18)26)19(9-5-11-22(32)33)15-36-25(35)30-21-12-16-6-2-3-7-17(16)13-28-21/h2-4,6-8,10,12-13,19H,5,9,11,14-15H2,1H3,(H,29,34)(H,32,33)(H,28,30,35)/t19-/m0/s1. The first-order valence-electron chi connectivity index (χ1n) is 11.2. The summed E-state index contributed by atoms with van der Waals surface area (Å²) in [7, 11) is 1.50. The Hall–Kier alpha value is -3.92. The van der Waals surface area contributed by atoms with Gasteiger partial charge in [-0.25, -0.2) is 19.0 Å². The molecular weight excluding hydrogens is 491 g/mol. The first kappa shape index (κ1) is 26.7. The lowest BCUT2D eigenvalue weighted by molar-refractivity contribution is -0.137. The number of hydrogen-bond acceptors (Lipinski definition) is 5. The molecule has 1 heterocycles. The lowest BCUT2D eigenvalue weighted by Crippen LogP contribution is -2.46. The zero-order chi connectivity index (χ0) is 26.1. The number of carbonyl (C=O) groups excluding carboxylic acids is 2. The van der Waals surface area contributed by atoms with Crippen LogP contribution in [0.4, 0.5) is 19.8 Å². The maximum atomic E-state index is 13.6. The van der Waals surface area contributed by atoms with Gasteiger partial charge in [0.25, 0.3) is 0 Å². The van der Waals surface area contributed by atoms with Crippen molar-refractivity contribution in [2.45, 2.75) is 31.8 Å². The van der Waals surface area contributed by atoms with Crippen LogP contribution in [0.3, 0.4) is 0 Å². The van der Waals surface area contributed by atoms with Crippen molar-refractivity contribution < 1.29 is 28.6 Å². The molecule has 3 aromatic rings. The fourth-order valence-electron chi connectivity index (χ4n) is 3.49. The molecule has 3 N–H and O–H groups in total. The van der Waals surface area contributed by atoms with E-state index in [1.807, 2.05) is 24.3 Å². The molecule has 9 nitrogen and oxygen atoms in total. The van der Waals surface area contributed by atoms with Crippen LogP contribution >= 0.6 is 11.6 Å². The molecule has 0 aliphatic carbocycles. The monoisotopic (exact) mass is 516 g/mol. The molecule has 0 aliphatic heterocycles. The van der Waals surface area contributed by atoms with Gasteiger partial charge in [-0.1, -0.05) is 48.0 Å². The number of carbonyl (C=O) groups is 3. The number of likely N-dealkylation sites (N-methyl/N-ethyl adjacent to an activating group) is 1. The Labute approximate surface area is 212 Å². The zero-order valence-corrected chi connectivity index (χ0v) is 20.3. The second-order valence-corrected chi connectivity index (χ2v) is 8.44. The number of nitrogens with zero attached hydrogens (tertiary/aromatic N) is 2. The molecule has 0 saturated heterocycles. The van der Waals surface area contributed by atoms with Crippen LogP contribution < -0.4 is 10.6 Å². The van der Waals surface area contributed by atoms with Gasteiger partial charge in [0.1, 0.15) is 18.2 Å². The Kier molecular flexibility index (Phi) is 9.40. The number of rotatable bonds is 10. The van der Waals surface area contributed by atoms with Crippen molar-refractivity contribution in [3.63, 3.8) is 0 Å². The summed E-state index contributed by atoms with van der Waals surface area (Å²) < 4.78 is 19.0. The Morgan fingerprint density at radius 1 is 1.17 bits per heavy atom. The minimum absolute atomic E-state index is 0.0173. The van der Waals surface area contributed by atoms with Gasteiger partial charge in [0.2, 0.25) is 0 Å². The quantitative estimate of drug-likeness (QED) is 0.347. The SMILES string of the molecule is CN(C(=O)NCc1cccc(F)c1Cl)[C@@H](CCCC(=O)O)COC(=O)Nc1cc2ccccc2cn1.